The van der Waals surface area contributed by atoms with Gasteiger partial charge in [-0.3, -0.25) is 4.79 Å². The highest BCUT2D eigenvalue weighted by molar-refractivity contribution is 9.10. The summed E-state index contributed by atoms with van der Waals surface area (Å²) in [6.45, 7) is 0.248. The average Bonchev–Trinajstić information content (AvgIpc) is 2.42. The summed E-state index contributed by atoms with van der Waals surface area (Å²) in [4.78, 5) is 10.8. The van der Waals surface area contributed by atoms with Crippen LogP contribution in [-0.2, 0) is 17.8 Å². The fraction of sp³-hybridized carbons (Fsp3) is 0.133. The van der Waals surface area contributed by atoms with Crippen molar-refractivity contribution in [2.45, 2.75) is 13.0 Å². The Bertz CT molecular complexity index is 677. The van der Waals surface area contributed by atoms with Crippen LogP contribution in [-0.4, -0.2) is 11.1 Å². The predicted molar refractivity (Wildman–Crippen MR) is 79.2 cm³/mol. The molecule has 0 aromatic heterocycles. The Morgan fingerprint density at radius 3 is 2.48 bits per heavy atom. The molecular formula is C15H12BrF2NO2. The lowest BCUT2D eigenvalue weighted by molar-refractivity contribution is -0.136. The van der Waals surface area contributed by atoms with Crippen molar-refractivity contribution in [3.05, 3.63) is 63.6 Å². The van der Waals surface area contributed by atoms with E-state index in [-0.39, 0.29) is 23.1 Å². The minimum Gasteiger partial charge on any atom is -0.481 e. The third-order valence-corrected chi connectivity index (χ3v) is 3.55. The number of carbonyl (C=O) groups is 1. The number of halogens is 3. The van der Waals surface area contributed by atoms with Gasteiger partial charge in [-0.15, -0.1) is 0 Å². The monoisotopic (exact) mass is 355 g/mol. The third-order valence-electron chi connectivity index (χ3n) is 2.94. The zero-order valence-electron chi connectivity index (χ0n) is 10.9. The van der Waals surface area contributed by atoms with Gasteiger partial charge in [-0.2, -0.15) is 0 Å². The molecule has 21 heavy (non-hydrogen) atoms. The lowest BCUT2D eigenvalue weighted by Crippen LogP contribution is -2.08. The van der Waals surface area contributed by atoms with Crippen molar-refractivity contribution in [1.82, 2.24) is 0 Å². The topological polar surface area (TPSA) is 49.3 Å². The van der Waals surface area contributed by atoms with Crippen LogP contribution in [0.25, 0.3) is 0 Å². The molecule has 0 bridgehead atoms. The van der Waals surface area contributed by atoms with Gasteiger partial charge in [0.15, 0.2) is 0 Å². The Balaban J connectivity index is 2.17. The average molecular weight is 356 g/mol. The summed E-state index contributed by atoms with van der Waals surface area (Å²) >= 11 is 2.99. The molecule has 3 nitrogen and oxygen atoms in total. The number of nitrogens with one attached hydrogen (secondary N) is 1. The summed E-state index contributed by atoms with van der Waals surface area (Å²) in [7, 11) is 0. The molecule has 0 unspecified atom stereocenters. The molecule has 2 N–H and O–H groups in total. The second kappa shape index (κ2) is 6.67. The first kappa shape index (κ1) is 15.4. The van der Waals surface area contributed by atoms with Gasteiger partial charge in [0.1, 0.15) is 11.6 Å². The molecule has 2 aromatic rings. The van der Waals surface area contributed by atoms with Crippen LogP contribution in [0, 0.1) is 11.6 Å². The second-order valence-corrected chi connectivity index (χ2v) is 5.29. The van der Waals surface area contributed by atoms with Crippen molar-refractivity contribution in [3.63, 3.8) is 0 Å². The molecule has 0 aliphatic rings. The van der Waals surface area contributed by atoms with Gasteiger partial charge in [0.25, 0.3) is 0 Å². The minimum absolute atomic E-state index is 0.104. The zero-order valence-corrected chi connectivity index (χ0v) is 12.5. The van der Waals surface area contributed by atoms with Crippen molar-refractivity contribution in [2.75, 3.05) is 5.32 Å². The van der Waals surface area contributed by atoms with E-state index in [4.69, 9.17) is 5.11 Å². The lowest BCUT2D eigenvalue weighted by atomic mass is 10.0. The number of benzene rings is 2. The quantitative estimate of drug-likeness (QED) is 0.798. The van der Waals surface area contributed by atoms with Crippen molar-refractivity contribution < 1.29 is 18.7 Å². The SMILES string of the molecule is O=C(O)Cc1ccccc1CNc1cc(Br)c(F)cc1F. The van der Waals surface area contributed by atoms with E-state index in [1.165, 1.54) is 6.07 Å². The van der Waals surface area contributed by atoms with Gasteiger partial charge in [-0.1, -0.05) is 24.3 Å². The van der Waals surface area contributed by atoms with Crippen LogP contribution in [0.5, 0.6) is 0 Å². The number of hydrogen-bond acceptors (Lipinski definition) is 2. The maximum absolute atomic E-state index is 13.6. The summed E-state index contributed by atoms with van der Waals surface area (Å²) < 4.78 is 26.9. The van der Waals surface area contributed by atoms with Crippen LogP contribution in [0.15, 0.2) is 40.9 Å². The Kier molecular flexibility index (Phi) is 4.90. The number of rotatable bonds is 5. The predicted octanol–water partition coefficient (Wildman–Crippen LogP) is 3.97. The maximum Gasteiger partial charge on any atom is 0.307 e. The Labute approximate surface area is 128 Å². The van der Waals surface area contributed by atoms with E-state index in [9.17, 15) is 13.6 Å². The largest absolute Gasteiger partial charge is 0.481 e. The van der Waals surface area contributed by atoms with Gasteiger partial charge >= 0.3 is 5.97 Å². The normalized spacial score (nSPS) is 10.4. The summed E-state index contributed by atoms with van der Waals surface area (Å²) in [5.41, 5.74) is 1.55. The van der Waals surface area contributed by atoms with Crippen LogP contribution in [0.1, 0.15) is 11.1 Å². The fourth-order valence-corrected chi connectivity index (χ4v) is 2.26. The van der Waals surface area contributed by atoms with Crippen LogP contribution in [0.4, 0.5) is 14.5 Å². The zero-order chi connectivity index (χ0) is 15.4. The molecule has 6 heteroatoms. The van der Waals surface area contributed by atoms with Gasteiger partial charge in [0.05, 0.1) is 16.6 Å². The van der Waals surface area contributed by atoms with Crippen molar-refractivity contribution in [1.29, 1.82) is 0 Å². The summed E-state index contributed by atoms with van der Waals surface area (Å²) in [5.74, 6) is -2.31. The molecule has 0 saturated heterocycles. The Morgan fingerprint density at radius 1 is 1.14 bits per heavy atom. The highest BCUT2D eigenvalue weighted by Crippen LogP contribution is 2.24. The molecule has 0 spiro atoms. The molecule has 0 fully saturated rings. The summed E-state index contributed by atoms with van der Waals surface area (Å²) in [6, 6.07) is 9.10. The number of hydrogen-bond donors (Lipinski definition) is 2. The lowest BCUT2D eigenvalue weighted by Gasteiger charge is -2.11. The molecule has 110 valence electrons. The van der Waals surface area contributed by atoms with Crippen LogP contribution >= 0.6 is 15.9 Å². The second-order valence-electron chi connectivity index (χ2n) is 4.44. The maximum atomic E-state index is 13.6. The molecular weight excluding hydrogens is 344 g/mol. The molecule has 0 aliphatic heterocycles. The molecule has 2 aromatic carbocycles. The van der Waals surface area contributed by atoms with Gasteiger partial charge in [0.2, 0.25) is 0 Å². The number of carboxylic acid groups (broad SMARTS) is 1. The number of aliphatic carboxylic acids is 1. The first-order valence-electron chi connectivity index (χ1n) is 6.14. The summed E-state index contributed by atoms with van der Waals surface area (Å²) in [5, 5.41) is 11.7. The van der Waals surface area contributed by atoms with Gasteiger partial charge in [0, 0.05) is 12.6 Å². The highest BCUT2D eigenvalue weighted by atomic mass is 79.9. The van der Waals surface area contributed by atoms with Gasteiger partial charge < -0.3 is 10.4 Å². The summed E-state index contributed by atoms with van der Waals surface area (Å²) in [6.07, 6.45) is -0.104. The van der Waals surface area contributed by atoms with E-state index in [1.807, 2.05) is 0 Å². The molecule has 0 amide bonds. The van der Waals surface area contributed by atoms with Gasteiger partial charge in [-0.25, -0.2) is 8.78 Å². The van der Waals surface area contributed by atoms with Crippen molar-refractivity contribution in [2.24, 2.45) is 0 Å². The smallest absolute Gasteiger partial charge is 0.307 e. The van der Waals surface area contributed by atoms with E-state index >= 15 is 0 Å². The standard InChI is InChI=1S/C15H12BrF2NO2/c16-11-6-14(13(18)7-12(11)17)19-8-10-4-2-1-3-9(10)5-15(20)21/h1-4,6-7,19H,5,8H2,(H,20,21). The molecule has 0 aliphatic carbocycles. The van der Waals surface area contributed by atoms with E-state index in [0.29, 0.717) is 5.56 Å². The van der Waals surface area contributed by atoms with Crippen LogP contribution < -0.4 is 5.32 Å². The van der Waals surface area contributed by atoms with E-state index in [2.05, 4.69) is 21.2 Å². The Hall–Kier alpha value is -1.95. The van der Waals surface area contributed by atoms with E-state index < -0.39 is 17.6 Å². The van der Waals surface area contributed by atoms with Crippen LogP contribution in [0.2, 0.25) is 0 Å². The van der Waals surface area contributed by atoms with E-state index in [0.717, 1.165) is 11.6 Å². The molecule has 0 atom stereocenters. The Morgan fingerprint density at radius 2 is 1.81 bits per heavy atom. The number of anilines is 1. The molecule has 0 heterocycles. The fourth-order valence-electron chi connectivity index (χ4n) is 1.91. The van der Waals surface area contributed by atoms with Crippen LogP contribution in [0.3, 0.4) is 0 Å². The number of carboxylic acids is 1. The van der Waals surface area contributed by atoms with Crippen molar-refractivity contribution >= 4 is 27.6 Å². The minimum atomic E-state index is -0.932. The van der Waals surface area contributed by atoms with Crippen molar-refractivity contribution in [3.8, 4) is 0 Å². The first-order valence-corrected chi connectivity index (χ1v) is 6.93. The first-order chi connectivity index (χ1) is 9.97. The third kappa shape index (κ3) is 4.01. The molecule has 0 radical (unpaired) electrons. The molecule has 2 rings (SSSR count). The van der Waals surface area contributed by atoms with Gasteiger partial charge in [-0.05, 0) is 33.1 Å². The van der Waals surface area contributed by atoms with E-state index in [1.54, 1.807) is 24.3 Å². The highest BCUT2D eigenvalue weighted by Gasteiger charge is 2.10. The molecule has 0 saturated carbocycles.